The lowest BCUT2D eigenvalue weighted by atomic mass is 9.86. The molecule has 14 heavy (non-hydrogen) atoms. The Morgan fingerprint density at radius 1 is 1.50 bits per heavy atom. The highest BCUT2D eigenvalue weighted by atomic mass is 16.5. The summed E-state index contributed by atoms with van der Waals surface area (Å²) in [4.78, 5) is 2.57. The predicted octanol–water partition coefficient (Wildman–Crippen LogP) is 0.694. The molecule has 0 spiro atoms. The second kappa shape index (κ2) is 4.17. The van der Waals surface area contributed by atoms with E-state index in [4.69, 9.17) is 10.5 Å². The first-order valence-corrected chi connectivity index (χ1v) is 5.72. The molecule has 0 bridgehead atoms. The van der Waals surface area contributed by atoms with Crippen LogP contribution < -0.4 is 5.73 Å². The number of hydrogen-bond donors (Lipinski definition) is 1. The fourth-order valence-electron chi connectivity index (χ4n) is 2.57. The van der Waals surface area contributed by atoms with Gasteiger partial charge in [0.05, 0.1) is 13.2 Å². The van der Waals surface area contributed by atoms with E-state index < -0.39 is 0 Å². The van der Waals surface area contributed by atoms with Gasteiger partial charge in [-0.25, -0.2) is 0 Å². The zero-order valence-corrected chi connectivity index (χ0v) is 9.17. The van der Waals surface area contributed by atoms with E-state index in [-0.39, 0.29) is 0 Å². The molecule has 0 amide bonds. The maximum Gasteiger partial charge on any atom is 0.0554 e. The summed E-state index contributed by atoms with van der Waals surface area (Å²) in [6.07, 6.45) is 2.64. The predicted molar refractivity (Wildman–Crippen MR) is 57.1 cm³/mol. The van der Waals surface area contributed by atoms with E-state index in [1.54, 1.807) is 0 Å². The summed E-state index contributed by atoms with van der Waals surface area (Å²) in [5.41, 5.74) is 6.15. The van der Waals surface area contributed by atoms with Crippen LogP contribution in [0.2, 0.25) is 0 Å². The number of piperidine rings is 1. The maximum absolute atomic E-state index is 5.72. The maximum atomic E-state index is 5.72. The van der Waals surface area contributed by atoms with Gasteiger partial charge in [-0.3, -0.25) is 0 Å². The topological polar surface area (TPSA) is 38.5 Å². The van der Waals surface area contributed by atoms with Crippen molar-refractivity contribution in [2.24, 2.45) is 17.1 Å². The molecule has 0 aromatic carbocycles. The molecule has 0 aliphatic carbocycles. The largest absolute Gasteiger partial charge is 0.380 e. The van der Waals surface area contributed by atoms with Gasteiger partial charge < -0.3 is 15.4 Å². The minimum atomic E-state index is 0.427. The number of nitrogens with two attached hydrogens (primary N) is 1. The highest BCUT2D eigenvalue weighted by Gasteiger charge is 2.36. The van der Waals surface area contributed by atoms with Crippen molar-refractivity contribution >= 4 is 0 Å². The van der Waals surface area contributed by atoms with Crippen LogP contribution >= 0.6 is 0 Å². The summed E-state index contributed by atoms with van der Waals surface area (Å²) in [6, 6.07) is 0. The number of rotatable bonds is 3. The molecule has 0 saturated carbocycles. The third kappa shape index (κ3) is 2.27. The van der Waals surface area contributed by atoms with Crippen molar-refractivity contribution in [2.45, 2.75) is 19.8 Å². The number of nitrogens with zero attached hydrogens (tertiary/aromatic N) is 1. The Bertz CT molecular complexity index is 192. The molecule has 3 heteroatoms. The smallest absolute Gasteiger partial charge is 0.0554 e. The van der Waals surface area contributed by atoms with Gasteiger partial charge in [0, 0.05) is 18.5 Å². The van der Waals surface area contributed by atoms with Crippen molar-refractivity contribution in [3.63, 3.8) is 0 Å². The van der Waals surface area contributed by atoms with Crippen LogP contribution in [0.25, 0.3) is 0 Å². The van der Waals surface area contributed by atoms with Gasteiger partial charge in [-0.2, -0.15) is 0 Å². The molecule has 1 atom stereocenters. The lowest BCUT2D eigenvalue weighted by molar-refractivity contribution is -0.117. The van der Waals surface area contributed by atoms with Gasteiger partial charge in [0.25, 0.3) is 0 Å². The van der Waals surface area contributed by atoms with Gasteiger partial charge in [-0.1, -0.05) is 6.92 Å². The summed E-state index contributed by atoms with van der Waals surface area (Å²) >= 11 is 0. The van der Waals surface area contributed by atoms with Crippen LogP contribution in [0, 0.1) is 11.3 Å². The molecule has 2 rings (SSSR count). The van der Waals surface area contributed by atoms with E-state index in [0.29, 0.717) is 5.41 Å². The highest BCUT2D eigenvalue weighted by molar-refractivity contribution is 4.86. The van der Waals surface area contributed by atoms with Crippen LogP contribution in [-0.2, 0) is 4.74 Å². The standard InChI is InChI=1S/C11H22N2O/c1-11(8-14-9-11)7-13-4-2-3-10(5-12)6-13/h10H,2-9,12H2,1H3. The summed E-state index contributed by atoms with van der Waals surface area (Å²) in [7, 11) is 0. The Hall–Kier alpha value is -0.120. The van der Waals surface area contributed by atoms with Crippen molar-refractivity contribution in [3.05, 3.63) is 0 Å². The summed E-state index contributed by atoms with van der Waals surface area (Å²) < 4.78 is 5.28. The first-order valence-electron chi connectivity index (χ1n) is 5.72. The molecule has 2 N–H and O–H groups in total. The van der Waals surface area contributed by atoms with Crippen LogP contribution in [0.1, 0.15) is 19.8 Å². The van der Waals surface area contributed by atoms with Crippen LogP contribution in [0.4, 0.5) is 0 Å². The Kier molecular flexibility index (Phi) is 3.10. The van der Waals surface area contributed by atoms with Gasteiger partial charge in [0.15, 0.2) is 0 Å². The van der Waals surface area contributed by atoms with Crippen LogP contribution in [-0.4, -0.2) is 44.3 Å². The molecular weight excluding hydrogens is 176 g/mol. The normalized spacial score (nSPS) is 32.6. The van der Waals surface area contributed by atoms with E-state index in [9.17, 15) is 0 Å². The van der Waals surface area contributed by atoms with Crippen LogP contribution in [0.3, 0.4) is 0 Å². The zero-order chi connectivity index (χ0) is 10.0. The lowest BCUT2D eigenvalue weighted by Crippen LogP contribution is -2.51. The Morgan fingerprint density at radius 3 is 2.86 bits per heavy atom. The molecule has 0 aromatic heterocycles. The van der Waals surface area contributed by atoms with E-state index >= 15 is 0 Å². The average molecular weight is 198 g/mol. The number of likely N-dealkylation sites (tertiary alicyclic amines) is 1. The summed E-state index contributed by atoms with van der Waals surface area (Å²) in [5.74, 6) is 0.730. The molecule has 82 valence electrons. The molecule has 3 nitrogen and oxygen atoms in total. The van der Waals surface area contributed by atoms with Crippen molar-refractivity contribution in [1.29, 1.82) is 0 Å². The van der Waals surface area contributed by atoms with Crippen molar-refractivity contribution in [2.75, 3.05) is 39.4 Å². The molecular formula is C11H22N2O. The fraction of sp³-hybridized carbons (Fsp3) is 1.00. The molecule has 0 radical (unpaired) electrons. The Morgan fingerprint density at radius 2 is 2.29 bits per heavy atom. The molecule has 2 fully saturated rings. The van der Waals surface area contributed by atoms with Gasteiger partial charge in [0.2, 0.25) is 0 Å². The quantitative estimate of drug-likeness (QED) is 0.725. The second-order valence-electron chi connectivity index (χ2n) is 5.28. The van der Waals surface area contributed by atoms with Gasteiger partial charge in [-0.05, 0) is 31.8 Å². The van der Waals surface area contributed by atoms with Gasteiger partial charge in [-0.15, -0.1) is 0 Å². The highest BCUT2D eigenvalue weighted by Crippen LogP contribution is 2.29. The molecule has 1 unspecified atom stereocenters. The van der Waals surface area contributed by atoms with Crippen LogP contribution in [0.5, 0.6) is 0 Å². The molecule has 2 saturated heterocycles. The Balaban J connectivity index is 1.79. The van der Waals surface area contributed by atoms with Gasteiger partial charge in [0.1, 0.15) is 0 Å². The van der Waals surface area contributed by atoms with Crippen LogP contribution in [0.15, 0.2) is 0 Å². The fourth-order valence-corrected chi connectivity index (χ4v) is 2.57. The first-order chi connectivity index (χ1) is 6.72. The minimum absolute atomic E-state index is 0.427. The third-order valence-electron chi connectivity index (χ3n) is 3.44. The van der Waals surface area contributed by atoms with Gasteiger partial charge >= 0.3 is 0 Å². The van der Waals surface area contributed by atoms with E-state index in [2.05, 4.69) is 11.8 Å². The first kappa shape index (κ1) is 10.4. The number of ether oxygens (including phenoxy) is 1. The summed E-state index contributed by atoms with van der Waals surface area (Å²) in [5, 5.41) is 0. The molecule has 2 aliphatic heterocycles. The van der Waals surface area contributed by atoms with Crippen molar-refractivity contribution in [1.82, 2.24) is 4.90 Å². The second-order valence-corrected chi connectivity index (χ2v) is 5.28. The average Bonchev–Trinajstić information content (AvgIpc) is 2.16. The third-order valence-corrected chi connectivity index (χ3v) is 3.44. The minimum Gasteiger partial charge on any atom is -0.380 e. The monoisotopic (exact) mass is 198 g/mol. The van der Waals surface area contributed by atoms with E-state index in [0.717, 1.165) is 25.7 Å². The summed E-state index contributed by atoms with van der Waals surface area (Å²) in [6.45, 7) is 8.71. The number of hydrogen-bond acceptors (Lipinski definition) is 3. The molecule has 2 heterocycles. The van der Waals surface area contributed by atoms with Crippen molar-refractivity contribution in [3.8, 4) is 0 Å². The Labute approximate surface area is 86.6 Å². The van der Waals surface area contributed by atoms with Crippen molar-refractivity contribution < 1.29 is 4.74 Å². The molecule has 2 aliphatic rings. The van der Waals surface area contributed by atoms with E-state index in [1.807, 2.05) is 0 Å². The van der Waals surface area contributed by atoms with E-state index in [1.165, 1.54) is 32.5 Å². The molecule has 0 aromatic rings. The zero-order valence-electron chi connectivity index (χ0n) is 9.17. The SMILES string of the molecule is CC1(CN2CCCC(CN)C2)COC1. The lowest BCUT2D eigenvalue weighted by Gasteiger charge is -2.44.